The highest BCUT2D eigenvalue weighted by atomic mass is 15.1. The van der Waals surface area contributed by atoms with Crippen LogP contribution in [-0.2, 0) is 6.42 Å². The number of hydrogen-bond acceptors (Lipinski definition) is 2. The smallest absolute Gasteiger partial charge is 0.0119 e. The first-order chi connectivity index (χ1) is 8.51. The molecule has 1 aromatic carbocycles. The fraction of sp³-hybridized carbons (Fsp3) is 0.625. The van der Waals surface area contributed by atoms with E-state index in [9.17, 15) is 0 Å². The highest BCUT2D eigenvalue weighted by Crippen LogP contribution is 2.12. The minimum Gasteiger partial charge on any atom is -0.314 e. The zero-order valence-electron chi connectivity index (χ0n) is 12.6. The van der Waals surface area contributed by atoms with Crippen LogP contribution in [0.1, 0.15) is 30.0 Å². The lowest BCUT2D eigenvalue weighted by Crippen LogP contribution is -2.34. The number of likely N-dealkylation sites (N-methyl/N-ethyl adjacent to an activating group) is 1. The average molecular weight is 248 g/mol. The van der Waals surface area contributed by atoms with E-state index in [2.05, 4.69) is 63.3 Å². The van der Waals surface area contributed by atoms with Gasteiger partial charge >= 0.3 is 0 Å². The normalized spacial score (nSPS) is 13.0. The van der Waals surface area contributed by atoms with E-state index in [-0.39, 0.29) is 0 Å². The summed E-state index contributed by atoms with van der Waals surface area (Å²) >= 11 is 0. The van der Waals surface area contributed by atoms with Crippen LogP contribution < -0.4 is 5.32 Å². The molecule has 0 saturated heterocycles. The van der Waals surface area contributed by atoms with Crippen LogP contribution in [0.4, 0.5) is 0 Å². The third-order valence-electron chi connectivity index (χ3n) is 3.18. The Kier molecular flexibility index (Phi) is 6.37. The highest BCUT2D eigenvalue weighted by Gasteiger charge is 2.09. The topological polar surface area (TPSA) is 15.3 Å². The quantitative estimate of drug-likeness (QED) is 0.798. The molecule has 1 aromatic rings. The van der Waals surface area contributed by atoms with Crippen molar-refractivity contribution in [2.45, 2.75) is 39.7 Å². The van der Waals surface area contributed by atoms with E-state index >= 15 is 0 Å². The molecule has 2 nitrogen and oxygen atoms in total. The molecule has 0 bridgehead atoms. The van der Waals surface area contributed by atoms with Crippen molar-refractivity contribution in [2.75, 3.05) is 27.2 Å². The number of nitrogens with one attached hydrogen (secondary N) is 1. The van der Waals surface area contributed by atoms with Crippen molar-refractivity contribution >= 4 is 0 Å². The van der Waals surface area contributed by atoms with Crippen molar-refractivity contribution in [2.24, 2.45) is 0 Å². The van der Waals surface area contributed by atoms with Gasteiger partial charge in [-0.25, -0.2) is 0 Å². The maximum Gasteiger partial charge on any atom is 0.0119 e. The number of aryl methyl sites for hydroxylation is 2. The lowest BCUT2D eigenvalue weighted by Gasteiger charge is -2.20. The van der Waals surface area contributed by atoms with Crippen molar-refractivity contribution in [3.05, 3.63) is 34.9 Å². The molecule has 1 N–H and O–H groups in total. The van der Waals surface area contributed by atoms with Crippen LogP contribution in [0.25, 0.3) is 0 Å². The molecular formula is C16H28N2. The summed E-state index contributed by atoms with van der Waals surface area (Å²) < 4.78 is 0. The molecule has 0 aliphatic heterocycles. The molecule has 0 aromatic heterocycles. The summed E-state index contributed by atoms with van der Waals surface area (Å²) in [5.41, 5.74) is 4.19. The van der Waals surface area contributed by atoms with Gasteiger partial charge < -0.3 is 10.2 Å². The third kappa shape index (κ3) is 5.65. The molecule has 0 saturated carbocycles. The van der Waals surface area contributed by atoms with Gasteiger partial charge in [-0.2, -0.15) is 0 Å². The van der Waals surface area contributed by atoms with Gasteiger partial charge in [0, 0.05) is 6.04 Å². The van der Waals surface area contributed by atoms with Gasteiger partial charge in [0.2, 0.25) is 0 Å². The van der Waals surface area contributed by atoms with Gasteiger partial charge in [-0.05, 0) is 59.4 Å². The molecule has 1 rings (SSSR count). The highest BCUT2D eigenvalue weighted by molar-refractivity contribution is 5.29. The largest absolute Gasteiger partial charge is 0.314 e. The maximum atomic E-state index is 3.60. The van der Waals surface area contributed by atoms with E-state index in [0.29, 0.717) is 6.04 Å². The van der Waals surface area contributed by atoms with Crippen molar-refractivity contribution < 1.29 is 0 Å². The van der Waals surface area contributed by atoms with E-state index in [4.69, 9.17) is 0 Å². The van der Waals surface area contributed by atoms with E-state index in [1.165, 1.54) is 23.1 Å². The van der Waals surface area contributed by atoms with Crippen LogP contribution >= 0.6 is 0 Å². The summed E-state index contributed by atoms with van der Waals surface area (Å²) in [7, 11) is 4.28. The van der Waals surface area contributed by atoms with Crippen molar-refractivity contribution in [1.29, 1.82) is 0 Å². The van der Waals surface area contributed by atoms with E-state index < -0.39 is 0 Å². The standard InChI is InChI=1S/C16H28N2/c1-6-17-16(7-8-18(4)5)12-15-10-13(2)9-14(3)11-15/h9-11,16-17H,6-8,12H2,1-5H3. The zero-order valence-corrected chi connectivity index (χ0v) is 12.6. The van der Waals surface area contributed by atoms with Crippen LogP contribution in [0, 0.1) is 13.8 Å². The summed E-state index contributed by atoms with van der Waals surface area (Å²) in [6, 6.07) is 7.45. The first kappa shape index (κ1) is 15.2. The van der Waals surface area contributed by atoms with Crippen LogP contribution in [0.2, 0.25) is 0 Å². The Balaban J connectivity index is 2.63. The van der Waals surface area contributed by atoms with Crippen molar-refractivity contribution in [3.8, 4) is 0 Å². The number of nitrogens with zero attached hydrogens (tertiary/aromatic N) is 1. The third-order valence-corrected chi connectivity index (χ3v) is 3.18. The van der Waals surface area contributed by atoms with E-state index in [0.717, 1.165) is 19.5 Å². The SMILES string of the molecule is CCNC(CCN(C)C)Cc1cc(C)cc(C)c1. The fourth-order valence-electron chi connectivity index (χ4n) is 2.45. The second-order valence-corrected chi connectivity index (χ2v) is 5.55. The Hall–Kier alpha value is -0.860. The van der Waals surface area contributed by atoms with E-state index in [1.807, 2.05) is 0 Å². The molecule has 0 heterocycles. The van der Waals surface area contributed by atoms with Gasteiger partial charge in [0.25, 0.3) is 0 Å². The maximum absolute atomic E-state index is 3.60. The van der Waals surface area contributed by atoms with Gasteiger partial charge in [0.05, 0.1) is 0 Å². The monoisotopic (exact) mass is 248 g/mol. The molecule has 1 atom stereocenters. The molecule has 0 aliphatic carbocycles. The molecule has 1 unspecified atom stereocenters. The minimum atomic E-state index is 0.582. The molecule has 0 fully saturated rings. The minimum absolute atomic E-state index is 0.582. The van der Waals surface area contributed by atoms with Gasteiger partial charge in [0.15, 0.2) is 0 Å². The second kappa shape index (κ2) is 7.55. The van der Waals surface area contributed by atoms with Gasteiger partial charge in [0.1, 0.15) is 0 Å². The van der Waals surface area contributed by atoms with Crippen molar-refractivity contribution in [3.63, 3.8) is 0 Å². The average Bonchev–Trinajstić information content (AvgIpc) is 2.24. The predicted octanol–water partition coefficient (Wildman–Crippen LogP) is 2.78. The number of benzene rings is 1. The number of hydrogen-bond donors (Lipinski definition) is 1. The Labute approximate surface area is 112 Å². The summed E-state index contributed by atoms with van der Waals surface area (Å²) in [4.78, 5) is 2.26. The Morgan fingerprint density at radius 1 is 1.11 bits per heavy atom. The lowest BCUT2D eigenvalue weighted by atomic mass is 9.99. The Morgan fingerprint density at radius 3 is 2.22 bits per heavy atom. The van der Waals surface area contributed by atoms with Crippen molar-refractivity contribution in [1.82, 2.24) is 10.2 Å². The molecule has 0 spiro atoms. The molecule has 0 amide bonds. The van der Waals surface area contributed by atoms with Crippen LogP contribution in [0.3, 0.4) is 0 Å². The molecule has 2 heteroatoms. The Bertz CT molecular complexity index is 338. The van der Waals surface area contributed by atoms with E-state index in [1.54, 1.807) is 0 Å². The van der Waals surface area contributed by atoms with Crippen LogP contribution in [0.15, 0.2) is 18.2 Å². The predicted molar refractivity (Wildman–Crippen MR) is 80.3 cm³/mol. The van der Waals surface area contributed by atoms with Crippen LogP contribution in [0.5, 0.6) is 0 Å². The lowest BCUT2D eigenvalue weighted by molar-refractivity contribution is 0.358. The molecule has 0 radical (unpaired) electrons. The van der Waals surface area contributed by atoms with Gasteiger partial charge in [-0.15, -0.1) is 0 Å². The molecule has 18 heavy (non-hydrogen) atoms. The summed E-state index contributed by atoms with van der Waals surface area (Å²) in [5.74, 6) is 0. The molecule has 0 aliphatic rings. The van der Waals surface area contributed by atoms with Crippen LogP contribution in [-0.4, -0.2) is 38.1 Å². The first-order valence-electron chi connectivity index (χ1n) is 6.96. The molecule has 102 valence electrons. The fourth-order valence-corrected chi connectivity index (χ4v) is 2.45. The summed E-state index contributed by atoms with van der Waals surface area (Å²) in [5, 5.41) is 3.60. The summed E-state index contributed by atoms with van der Waals surface area (Å²) in [6.07, 6.45) is 2.33. The summed E-state index contributed by atoms with van der Waals surface area (Å²) in [6.45, 7) is 8.73. The zero-order chi connectivity index (χ0) is 13.5. The molecular weight excluding hydrogens is 220 g/mol. The Morgan fingerprint density at radius 2 is 1.72 bits per heavy atom. The number of rotatable bonds is 7. The second-order valence-electron chi connectivity index (χ2n) is 5.55. The van der Waals surface area contributed by atoms with Gasteiger partial charge in [-0.3, -0.25) is 0 Å². The van der Waals surface area contributed by atoms with Gasteiger partial charge in [-0.1, -0.05) is 36.2 Å². The first-order valence-corrected chi connectivity index (χ1v) is 6.96.